The lowest BCUT2D eigenvalue weighted by Crippen LogP contribution is -2.14. The van der Waals surface area contributed by atoms with Gasteiger partial charge in [-0.2, -0.15) is 0 Å². The van der Waals surface area contributed by atoms with Gasteiger partial charge in [0.05, 0.1) is 10.9 Å². The van der Waals surface area contributed by atoms with Crippen molar-refractivity contribution in [2.45, 2.75) is 54.3 Å². The fourth-order valence-corrected chi connectivity index (χ4v) is 5.13. The first-order valence-corrected chi connectivity index (χ1v) is 12.3. The van der Waals surface area contributed by atoms with Gasteiger partial charge in [-0.25, -0.2) is 0 Å². The maximum atomic E-state index is 5.76. The van der Waals surface area contributed by atoms with Crippen LogP contribution in [0.25, 0.3) is 0 Å². The zero-order chi connectivity index (χ0) is 24.5. The Morgan fingerprint density at radius 2 is 0.676 bits per heavy atom. The maximum absolute atomic E-state index is 5.76. The molecule has 7 heteroatoms. The molecule has 3 atom stereocenters. The second-order valence-corrected chi connectivity index (χ2v) is 9.51. The normalized spacial score (nSPS) is 14.6. The molecule has 0 heterocycles. The molecular weight excluding hydrogens is 452 g/mol. The zero-order valence-electron chi connectivity index (χ0n) is 20.5. The van der Waals surface area contributed by atoms with Crippen LogP contribution in [0.4, 0.5) is 0 Å². The second kappa shape index (κ2) is 12.7. The summed E-state index contributed by atoms with van der Waals surface area (Å²) in [4.78, 5) is 3.49. The van der Waals surface area contributed by atoms with E-state index >= 15 is 0 Å². The lowest BCUT2D eigenvalue weighted by Gasteiger charge is -2.15. The van der Waals surface area contributed by atoms with Gasteiger partial charge in [0.15, 0.2) is 33.6 Å². The molecule has 0 aromatic heterocycles. The summed E-state index contributed by atoms with van der Waals surface area (Å²) >= 11 is 0. The first-order chi connectivity index (χ1) is 16.4. The Morgan fingerprint density at radius 3 is 0.882 bits per heavy atom. The molecule has 0 saturated heterocycles. The third kappa shape index (κ3) is 7.14. The molecule has 0 aliphatic heterocycles. The predicted molar refractivity (Wildman–Crippen MR) is 133 cm³/mol. The Balaban J connectivity index is 1.92. The van der Waals surface area contributed by atoms with Gasteiger partial charge < -0.3 is 28.4 Å². The van der Waals surface area contributed by atoms with Crippen LogP contribution < -0.4 is 14.2 Å². The van der Waals surface area contributed by atoms with E-state index in [-0.39, 0.29) is 29.8 Å². The van der Waals surface area contributed by atoms with E-state index in [1.807, 2.05) is 57.2 Å². The summed E-state index contributed by atoms with van der Waals surface area (Å²) in [7, 11) is 4.53. The van der Waals surface area contributed by atoms with E-state index in [9.17, 15) is 0 Å². The van der Waals surface area contributed by atoms with E-state index in [0.717, 1.165) is 31.9 Å². The molecule has 0 aliphatic rings. The molecule has 182 valence electrons. The van der Waals surface area contributed by atoms with Crippen molar-refractivity contribution in [1.29, 1.82) is 0 Å². The van der Waals surface area contributed by atoms with E-state index in [1.54, 1.807) is 21.3 Å². The van der Waals surface area contributed by atoms with Crippen LogP contribution in [0.1, 0.15) is 20.8 Å². The van der Waals surface area contributed by atoms with Gasteiger partial charge in [0, 0.05) is 21.3 Å². The van der Waals surface area contributed by atoms with Crippen LogP contribution in [0.2, 0.25) is 0 Å². The topological polar surface area (TPSA) is 55.4 Å². The van der Waals surface area contributed by atoms with Crippen molar-refractivity contribution in [1.82, 2.24) is 0 Å². The number of ether oxygens (including phenoxy) is 6. The van der Waals surface area contributed by atoms with E-state index < -0.39 is 0 Å². The lowest BCUT2D eigenvalue weighted by molar-refractivity contribution is -0.0385. The van der Waals surface area contributed by atoms with Gasteiger partial charge in [-0.15, -0.1) is 0 Å². The molecule has 0 amide bonds. The summed E-state index contributed by atoms with van der Waals surface area (Å²) in [6.45, 7) is 5.59. The van der Waals surface area contributed by atoms with Crippen molar-refractivity contribution in [3.05, 3.63) is 72.8 Å². The molecule has 0 fully saturated rings. The van der Waals surface area contributed by atoms with Crippen molar-refractivity contribution in [2.24, 2.45) is 0 Å². The number of rotatable bonds is 12. The van der Waals surface area contributed by atoms with Gasteiger partial charge in [-0.1, -0.05) is 0 Å². The highest BCUT2D eigenvalue weighted by molar-refractivity contribution is 7.97. The number of hydrogen-bond donors (Lipinski definition) is 0. The third-order valence-electron chi connectivity index (χ3n) is 5.08. The Hall–Kier alpha value is -2.71. The summed E-state index contributed by atoms with van der Waals surface area (Å²) in [6.07, 6.45) is -0.936. The van der Waals surface area contributed by atoms with Crippen molar-refractivity contribution >= 4 is 10.9 Å². The molecule has 0 spiro atoms. The SMILES string of the molecule is COC(C)Oc1ccc([S+](c2ccc(OC(C)OC)cc2)c2ccc(OC(C)OC)cc2)cc1. The molecule has 3 aromatic carbocycles. The third-order valence-corrected chi connectivity index (χ3v) is 7.31. The molecular formula is C27H33O6S+. The standard InChI is InChI=1S/C27H33O6S/c1-19(28-4)31-22-7-13-25(14-8-22)34(26-15-9-23(10-16-26)32-20(2)29-5)27-17-11-24(12-18-27)33-21(3)30-6/h7-21H,1-6H3/q+1. The number of benzene rings is 3. The number of hydrogen-bond acceptors (Lipinski definition) is 6. The van der Waals surface area contributed by atoms with Crippen molar-refractivity contribution in [3.63, 3.8) is 0 Å². The molecule has 6 nitrogen and oxygen atoms in total. The van der Waals surface area contributed by atoms with Crippen molar-refractivity contribution in [3.8, 4) is 17.2 Å². The van der Waals surface area contributed by atoms with E-state index in [0.29, 0.717) is 0 Å². The molecule has 0 saturated carbocycles. The summed E-state index contributed by atoms with van der Waals surface area (Å²) in [5, 5.41) is 0. The van der Waals surface area contributed by atoms with E-state index in [2.05, 4.69) is 36.4 Å². The fraction of sp³-hybridized carbons (Fsp3) is 0.333. The molecule has 34 heavy (non-hydrogen) atoms. The van der Waals surface area contributed by atoms with E-state index in [4.69, 9.17) is 28.4 Å². The van der Waals surface area contributed by atoms with Gasteiger partial charge in [0.25, 0.3) is 0 Å². The highest BCUT2D eigenvalue weighted by Crippen LogP contribution is 2.34. The van der Waals surface area contributed by atoms with Crippen LogP contribution in [0.15, 0.2) is 87.5 Å². The van der Waals surface area contributed by atoms with Crippen LogP contribution in [0.5, 0.6) is 17.2 Å². The average Bonchev–Trinajstić information content (AvgIpc) is 2.87. The molecule has 0 aliphatic carbocycles. The Morgan fingerprint density at radius 1 is 0.441 bits per heavy atom. The summed E-state index contributed by atoms with van der Waals surface area (Å²) in [5.41, 5.74) is 0. The monoisotopic (exact) mass is 485 g/mol. The molecule has 3 aromatic rings. The molecule has 3 rings (SSSR count). The van der Waals surface area contributed by atoms with Gasteiger partial charge in [-0.3, -0.25) is 0 Å². The zero-order valence-corrected chi connectivity index (χ0v) is 21.3. The number of methoxy groups -OCH3 is 3. The molecule has 3 unspecified atom stereocenters. The first kappa shape index (κ1) is 25.9. The average molecular weight is 486 g/mol. The first-order valence-electron chi connectivity index (χ1n) is 11.1. The Labute approximate surface area is 205 Å². The highest BCUT2D eigenvalue weighted by Gasteiger charge is 2.29. The lowest BCUT2D eigenvalue weighted by atomic mass is 10.3. The maximum Gasteiger partial charge on any atom is 0.196 e. The fourth-order valence-electron chi connectivity index (χ4n) is 3.09. The smallest absolute Gasteiger partial charge is 0.196 e. The van der Waals surface area contributed by atoms with Crippen LogP contribution in [-0.4, -0.2) is 40.2 Å². The largest absolute Gasteiger partial charge is 0.465 e. The minimum atomic E-state index is -0.343. The molecule has 0 N–H and O–H groups in total. The quantitative estimate of drug-likeness (QED) is 0.235. The Kier molecular flexibility index (Phi) is 9.65. The highest BCUT2D eigenvalue weighted by atomic mass is 32.2. The molecule has 0 bridgehead atoms. The predicted octanol–water partition coefficient (Wildman–Crippen LogP) is 5.90. The summed E-state index contributed by atoms with van der Waals surface area (Å²) < 4.78 is 32.9. The summed E-state index contributed by atoms with van der Waals surface area (Å²) in [6, 6.07) is 24.4. The van der Waals surface area contributed by atoms with Crippen LogP contribution in [0.3, 0.4) is 0 Å². The van der Waals surface area contributed by atoms with Crippen LogP contribution in [0, 0.1) is 0 Å². The van der Waals surface area contributed by atoms with E-state index in [1.165, 1.54) is 0 Å². The minimum Gasteiger partial charge on any atom is -0.465 e. The van der Waals surface area contributed by atoms with Crippen molar-refractivity contribution in [2.75, 3.05) is 21.3 Å². The minimum absolute atomic E-state index is 0.312. The van der Waals surface area contributed by atoms with Crippen LogP contribution in [-0.2, 0) is 25.1 Å². The van der Waals surface area contributed by atoms with Crippen LogP contribution >= 0.6 is 0 Å². The van der Waals surface area contributed by atoms with Crippen molar-refractivity contribution < 1.29 is 28.4 Å². The Bertz CT molecular complexity index is 859. The van der Waals surface area contributed by atoms with Gasteiger partial charge in [0.1, 0.15) is 17.2 Å². The summed E-state index contributed by atoms with van der Waals surface area (Å²) in [5.74, 6) is 2.28. The van der Waals surface area contributed by atoms with Gasteiger partial charge in [-0.05, 0) is 93.6 Å². The van der Waals surface area contributed by atoms with Gasteiger partial charge in [0.2, 0.25) is 0 Å². The van der Waals surface area contributed by atoms with Gasteiger partial charge >= 0.3 is 0 Å². The second-order valence-electron chi connectivity index (χ2n) is 7.48. The molecule has 0 radical (unpaired) electrons.